The minimum absolute atomic E-state index is 0. The molecule has 1 aromatic rings. The molecule has 1 heterocycles. The van der Waals surface area contributed by atoms with Crippen LogP contribution in [0.25, 0.3) is 0 Å². The average Bonchev–Trinajstić information content (AvgIpc) is 2.47. The Hall–Kier alpha value is -1.14. The Bertz CT molecular complexity index is 450. The molecule has 6 heteroatoms. The highest BCUT2D eigenvalue weighted by Crippen LogP contribution is 2.19. The van der Waals surface area contributed by atoms with Crippen LogP contribution in [0.1, 0.15) is 25.0 Å². The van der Waals surface area contributed by atoms with Gasteiger partial charge in [0.05, 0.1) is 19.3 Å². The SMILES string of the molecule is COC(C)c1cccc(NC(=O)CC2COCCN2)c1.Cl. The number of nitrogens with one attached hydrogen (secondary N) is 2. The molecule has 1 amide bonds. The van der Waals surface area contributed by atoms with E-state index in [9.17, 15) is 4.79 Å². The van der Waals surface area contributed by atoms with Crippen molar-refractivity contribution in [3.63, 3.8) is 0 Å². The molecule has 0 aliphatic carbocycles. The molecule has 0 aromatic heterocycles. The number of carbonyl (C=O) groups excluding carboxylic acids is 1. The second-order valence-electron chi connectivity index (χ2n) is 4.98. The molecular weight excluding hydrogens is 292 g/mol. The van der Waals surface area contributed by atoms with Crippen LogP contribution >= 0.6 is 12.4 Å². The summed E-state index contributed by atoms with van der Waals surface area (Å²) in [6.07, 6.45) is 0.435. The minimum atomic E-state index is -0.00443. The smallest absolute Gasteiger partial charge is 0.226 e. The first-order valence-corrected chi connectivity index (χ1v) is 6.93. The van der Waals surface area contributed by atoms with E-state index >= 15 is 0 Å². The van der Waals surface area contributed by atoms with E-state index in [0.717, 1.165) is 24.4 Å². The lowest BCUT2D eigenvalue weighted by Gasteiger charge is -2.23. The predicted octanol–water partition coefficient (Wildman–Crippen LogP) is 2.13. The fourth-order valence-corrected chi connectivity index (χ4v) is 2.19. The number of rotatable bonds is 5. The summed E-state index contributed by atoms with van der Waals surface area (Å²) in [6, 6.07) is 7.83. The van der Waals surface area contributed by atoms with Gasteiger partial charge in [0.1, 0.15) is 0 Å². The van der Waals surface area contributed by atoms with Crippen LogP contribution in [0.2, 0.25) is 0 Å². The first-order valence-electron chi connectivity index (χ1n) is 6.93. The molecular formula is C15H23ClN2O3. The number of hydrogen-bond acceptors (Lipinski definition) is 4. The van der Waals surface area contributed by atoms with Gasteiger partial charge in [0.2, 0.25) is 5.91 Å². The third-order valence-electron chi connectivity index (χ3n) is 3.42. The molecule has 2 rings (SSSR count). The molecule has 2 atom stereocenters. The van der Waals surface area contributed by atoms with E-state index < -0.39 is 0 Å². The maximum absolute atomic E-state index is 12.0. The summed E-state index contributed by atoms with van der Waals surface area (Å²) in [7, 11) is 1.67. The highest BCUT2D eigenvalue weighted by atomic mass is 35.5. The van der Waals surface area contributed by atoms with Crippen molar-refractivity contribution in [3.05, 3.63) is 29.8 Å². The number of methoxy groups -OCH3 is 1. The summed E-state index contributed by atoms with van der Waals surface area (Å²) in [5, 5.41) is 6.19. The third-order valence-corrected chi connectivity index (χ3v) is 3.42. The number of halogens is 1. The molecule has 0 radical (unpaired) electrons. The largest absolute Gasteiger partial charge is 0.378 e. The molecule has 1 saturated heterocycles. The van der Waals surface area contributed by atoms with Crippen LogP contribution < -0.4 is 10.6 Å². The van der Waals surface area contributed by atoms with Gasteiger partial charge in [-0.2, -0.15) is 0 Å². The van der Waals surface area contributed by atoms with Gasteiger partial charge in [0, 0.05) is 31.8 Å². The quantitative estimate of drug-likeness (QED) is 0.874. The fourth-order valence-electron chi connectivity index (χ4n) is 2.19. The number of ether oxygens (including phenoxy) is 2. The normalized spacial score (nSPS) is 19.4. The Morgan fingerprint density at radius 1 is 1.57 bits per heavy atom. The molecule has 1 fully saturated rings. The lowest BCUT2D eigenvalue weighted by molar-refractivity contribution is -0.117. The van der Waals surface area contributed by atoms with E-state index in [1.54, 1.807) is 7.11 Å². The Balaban J connectivity index is 0.00000220. The molecule has 5 nitrogen and oxygen atoms in total. The maximum Gasteiger partial charge on any atom is 0.226 e. The molecule has 2 unspecified atom stereocenters. The van der Waals surface area contributed by atoms with Crippen LogP contribution in [0.5, 0.6) is 0 Å². The van der Waals surface area contributed by atoms with Crippen molar-refractivity contribution in [1.29, 1.82) is 0 Å². The van der Waals surface area contributed by atoms with Crippen LogP contribution in [-0.2, 0) is 14.3 Å². The lowest BCUT2D eigenvalue weighted by atomic mass is 10.1. The van der Waals surface area contributed by atoms with Crippen LogP contribution in [0.15, 0.2) is 24.3 Å². The summed E-state index contributed by atoms with van der Waals surface area (Å²) >= 11 is 0. The van der Waals surface area contributed by atoms with Gasteiger partial charge in [0.25, 0.3) is 0 Å². The third kappa shape index (κ3) is 5.63. The topological polar surface area (TPSA) is 59.6 Å². The van der Waals surface area contributed by atoms with Crippen LogP contribution in [-0.4, -0.2) is 38.8 Å². The molecule has 21 heavy (non-hydrogen) atoms. The molecule has 0 bridgehead atoms. The van der Waals surface area contributed by atoms with E-state index in [2.05, 4.69) is 10.6 Å². The molecule has 1 aliphatic rings. The van der Waals surface area contributed by atoms with Crippen molar-refractivity contribution >= 4 is 24.0 Å². The molecule has 0 saturated carbocycles. The maximum atomic E-state index is 12.0. The number of amides is 1. The zero-order chi connectivity index (χ0) is 14.4. The zero-order valence-electron chi connectivity index (χ0n) is 12.4. The summed E-state index contributed by atoms with van der Waals surface area (Å²) < 4.78 is 10.6. The predicted molar refractivity (Wildman–Crippen MR) is 85.0 cm³/mol. The second kappa shape index (κ2) is 9.00. The summed E-state index contributed by atoms with van der Waals surface area (Å²) in [4.78, 5) is 12.0. The first kappa shape index (κ1) is 17.9. The van der Waals surface area contributed by atoms with E-state index in [0.29, 0.717) is 13.0 Å². The highest BCUT2D eigenvalue weighted by molar-refractivity contribution is 5.91. The molecule has 0 spiro atoms. The van der Waals surface area contributed by atoms with Gasteiger partial charge in [-0.15, -0.1) is 12.4 Å². The Kier molecular flexibility index (Phi) is 7.67. The van der Waals surface area contributed by atoms with E-state index in [4.69, 9.17) is 9.47 Å². The van der Waals surface area contributed by atoms with E-state index in [1.807, 2.05) is 31.2 Å². The summed E-state index contributed by atoms with van der Waals surface area (Å²) in [6.45, 7) is 4.09. The fraction of sp³-hybridized carbons (Fsp3) is 0.533. The van der Waals surface area contributed by atoms with Gasteiger partial charge in [0.15, 0.2) is 0 Å². The lowest BCUT2D eigenvalue weighted by Crippen LogP contribution is -2.43. The van der Waals surface area contributed by atoms with E-state index in [1.165, 1.54) is 0 Å². The Morgan fingerprint density at radius 3 is 3.05 bits per heavy atom. The van der Waals surface area contributed by atoms with Crippen LogP contribution in [0.4, 0.5) is 5.69 Å². The Labute approximate surface area is 131 Å². The number of hydrogen-bond donors (Lipinski definition) is 2. The van der Waals surface area contributed by atoms with E-state index in [-0.39, 0.29) is 30.5 Å². The van der Waals surface area contributed by atoms with Crippen molar-refractivity contribution in [1.82, 2.24) is 5.32 Å². The molecule has 1 aliphatic heterocycles. The zero-order valence-corrected chi connectivity index (χ0v) is 13.2. The van der Waals surface area contributed by atoms with Gasteiger partial charge in [-0.05, 0) is 24.6 Å². The monoisotopic (exact) mass is 314 g/mol. The average molecular weight is 315 g/mol. The molecule has 118 valence electrons. The van der Waals surface area contributed by atoms with Gasteiger partial charge in [-0.25, -0.2) is 0 Å². The van der Waals surface area contributed by atoms with Gasteiger partial charge in [-0.1, -0.05) is 12.1 Å². The number of benzene rings is 1. The first-order chi connectivity index (χ1) is 9.69. The van der Waals surface area contributed by atoms with Crippen LogP contribution in [0, 0.1) is 0 Å². The van der Waals surface area contributed by atoms with Crippen molar-refractivity contribution in [2.45, 2.75) is 25.5 Å². The van der Waals surface area contributed by atoms with Gasteiger partial charge in [-0.3, -0.25) is 4.79 Å². The second-order valence-corrected chi connectivity index (χ2v) is 4.98. The van der Waals surface area contributed by atoms with Crippen molar-refractivity contribution < 1.29 is 14.3 Å². The van der Waals surface area contributed by atoms with Crippen LogP contribution in [0.3, 0.4) is 0 Å². The highest BCUT2D eigenvalue weighted by Gasteiger charge is 2.17. The van der Waals surface area contributed by atoms with Crippen molar-refractivity contribution in [2.24, 2.45) is 0 Å². The Morgan fingerprint density at radius 2 is 2.38 bits per heavy atom. The van der Waals surface area contributed by atoms with Crippen molar-refractivity contribution in [3.8, 4) is 0 Å². The van der Waals surface area contributed by atoms with Gasteiger partial charge < -0.3 is 20.1 Å². The molecule has 2 N–H and O–H groups in total. The number of anilines is 1. The number of carbonyl (C=O) groups is 1. The molecule has 1 aromatic carbocycles. The van der Waals surface area contributed by atoms with Crippen molar-refractivity contribution in [2.75, 3.05) is 32.2 Å². The summed E-state index contributed by atoms with van der Waals surface area (Å²) in [5.41, 5.74) is 1.84. The minimum Gasteiger partial charge on any atom is -0.378 e. The summed E-state index contributed by atoms with van der Waals surface area (Å²) in [5.74, 6) is -0.00443. The number of morpholine rings is 1. The standard InChI is InChI=1S/C15H22N2O3.ClH/c1-11(19-2)12-4-3-5-13(8-12)17-15(18)9-14-10-20-7-6-16-14;/h3-5,8,11,14,16H,6-7,9-10H2,1-2H3,(H,17,18);1H. The van der Waals surface area contributed by atoms with Gasteiger partial charge >= 0.3 is 0 Å².